The van der Waals surface area contributed by atoms with E-state index in [0.717, 1.165) is 19.4 Å². The molecule has 0 aliphatic carbocycles. The molecular weight excluding hydrogens is 209 g/mol. The molecule has 0 amide bonds. The van der Waals surface area contributed by atoms with Gasteiger partial charge in [-0.05, 0) is 12.8 Å². The second-order valence-electron chi connectivity index (χ2n) is 3.78. The Bertz CT molecular complexity index is 125. The van der Waals surface area contributed by atoms with Crippen molar-refractivity contribution < 1.29 is 9.42 Å². The molecule has 0 heterocycles. The molecular formula is C11H26NO2P. The molecule has 1 atom stereocenters. The Morgan fingerprint density at radius 1 is 1.00 bits per heavy atom. The van der Waals surface area contributed by atoms with Crippen molar-refractivity contribution in [2.45, 2.75) is 58.8 Å². The molecule has 1 unspecified atom stereocenters. The van der Waals surface area contributed by atoms with Crippen LogP contribution in [-0.4, -0.2) is 18.0 Å². The third kappa shape index (κ3) is 12.2. The summed E-state index contributed by atoms with van der Waals surface area (Å²) in [5, 5.41) is 3.02. The van der Waals surface area contributed by atoms with Crippen molar-refractivity contribution in [3.8, 4) is 0 Å². The Balaban J connectivity index is 3.08. The molecule has 0 aromatic carbocycles. The maximum atomic E-state index is 9.44. The van der Waals surface area contributed by atoms with Crippen LogP contribution in [0.25, 0.3) is 0 Å². The molecule has 0 spiro atoms. The zero-order chi connectivity index (χ0) is 11.4. The van der Waals surface area contributed by atoms with Gasteiger partial charge < -0.3 is 9.42 Å². The molecule has 0 radical (unpaired) electrons. The van der Waals surface area contributed by atoms with Gasteiger partial charge in [0.1, 0.15) is 0 Å². The van der Waals surface area contributed by atoms with Crippen LogP contribution in [-0.2, 0) is 4.52 Å². The fourth-order valence-corrected chi connectivity index (χ4v) is 2.02. The van der Waals surface area contributed by atoms with Crippen molar-refractivity contribution in [3.63, 3.8) is 0 Å². The third-order valence-corrected chi connectivity index (χ3v) is 3.16. The van der Waals surface area contributed by atoms with Gasteiger partial charge in [0.05, 0.1) is 6.61 Å². The summed E-state index contributed by atoms with van der Waals surface area (Å²) in [4.78, 5) is 9.44. The maximum absolute atomic E-state index is 9.44. The first kappa shape index (κ1) is 15.3. The highest BCUT2D eigenvalue weighted by Gasteiger charge is 2.02. The van der Waals surface area contributed by atoms with Crippen LogP contribution in [0.15, 0.2) is 0 Å². The molecule has 0 aromatic rings. The van der Waals surface area contributed by atoms with Crippen molar-refractivity contribution >= 4 is 8.53 Å². The van der Waals surface area contributed by atoms with Crippen LogP contribution in [0.5, 0.6) is 0 Å². The molecule has 3 nitrogen and oxygen atoms in total. The van der Waals surface area contributed by atoms with Gasteiger partial charge in [-0.2, -0.15) is 0 Å². The van der Waals surface area contributed by atoms with E-state index in [2.05, 4.69) is 18.9 Å². The van der Waals surface area contributed by atoms with Gasteiger partial charge in [-0.3, -0.25) is 5.09 Å². The van der Waals surface area contributed by atoms with Crippen LogP contribution in [0.1, 0.15) is 58.8 Å². The van der Waals surface area contributed by atoms with E-state index in [1.165, 1.54) is 32.1 Å². The summed E-state index contributed by atoms with van der Waals surface area (Å²) in [6.45, 7) is 5.91. The summed E-state index contributed by atoms with van der Waals surface area (Å²) in [5.41, 5.74) is 0. The van der Waals surface area contributed by atoms with Crippen molar-refractivity contribution in [1.82, 2.24) is 5.09 Å². The minimum Gasteiger partial charge on any atom is -0.338 e. The van der Waals surface area contributed by atoms with E-state index in [9.17, 15) is 4.89 Å². The van der Waals surface area contributed by atoms with E-state index in [1.807, 2.05) is 0 Å². The summed E-state index contributed by atoms with van der Waals surface area (Å²) >= 11 is 0. The van der Waals surface area contributed by atoms with E-state index < -0.39 is 8.53 Å². The van der Waals surface area contributed by atoms with Crippen LogP contribution in [0, 0.1) is 0 Å². The largest absolute Gasteiger partial charge is 0.338 e. The zero-order valence-corrected chi connectivity index (χ0v) is 11.1. The molecule has 0 aliphatic heterocycles. The Labute approximate surface area is 95.6 Å². The van der Waals surface area contributed by atoms with Crippen LogP contribution >= 0.6 is 8.53 Å². The molecule has 4 heteroatoms. The standard InChI is InChI=1S/C11H26NO2P/c1-3-5-7-8-10-12-15(13)14-11-9-6-4-2/h12-13H,3-11H2,1-2H3. The number of nitrogens with one attached hydrogen (secondary N) is 1. The lowest BCUT2D eigenvalue weighted by Crippen LogP contribution is -2.10. The van der Waals surface area contributed by atoms with Gasteiger partial charge in [-0.1, -0.05) is 46.0 Å². The maximum Gasteiger partial charge on any atom is 0.253 e. The van der Waals surface area contributed by atoms with Gasteiger partial charge in [0.2, 0.25) is 0 Å². The first-order valence-corrected chi connectivity index (χ1v) is 7.37. The Kier molecular flexibility index (Phi) is 12.6. The number of rotatable bonds is 11. The predicted octanol–water partition coefficient (Wildman–Crippen LogP) is 3.58. The Morgan fingerprint density at radius 3 is 2.33 bits per heavy atom. The third-order valence-electron chi connectivity index (χ3n) is 2.24. The summed E-state index contributed by atoms with van der Waals surface area (Å²) in [7, 11) is -1.37. The average molecular weight is 235 g/mol. The van der Waals surface area contributed by atoms with Crippen molar-refractivity contribution in [3.05, 3.63) is 0 Å². The van der Waals surface area contributed by atoms with Crippen LogP contribution in [0.2, 0.25) is 0 Å². The Morgan fingerprint density at radius 2 is 1.67 bits per heavy atom. The first-order chi connectivity index (χ1) is 7.31. The molecule has 15 heavy (non-hydrogen) atoms. The normalized spacial score (nSPS) is 13.0. The van der Waals surface area contributed by atoms with Gasteiger partial charge in [0.25, 0.3) is 8.53 Å². The minimum absolute atomic E-state index is 0.679. The van der Waals surface area contributed by atoms with E-state index in [-0.39, 0.29) is 0 Å². The van der Waals surface area contributed by atoms with Gasteiger partial charge in [0.15, 0.2) is 0 Å². The van der Waals surface area contributed by atoms with Crippen LogP contribution in [0.3, 0.4) is 0 Å². The molecule has 0 saturated heterocycles. The van der Waals surface area contributed by atoms with Crippen molar-refractivity contribution in [1.29, 1.82) is 0 Å². The topological polar surface area (TPSA) is 41.5 Å². The van der Waals surface area contributed by atoms with Gasteiger partial charge in [-0.15, -0.1) is 0 Å². The van der Waals surface area contributed by atoms with Crippen molar-refractivity contribution in [2.24, 2.45) is 0 Å². The fraction of sp³-hybridized carbons (Fsp3) is 1.00. The van der Waals surface area contributed by atoms with Gasteiger partial charge >= 0.3 is 0 Å². The fourth-order valence-electron chi connectivity index (χ4n) is 1.28. The van der Waals surface area contributed by atoms with E-state index >= 15 is 0 Å². The second-order valence-corrected chi connectivity index (χ2v) is 4.90. The first-order valence-electron chi connectivity index (χ1n) is 6.16. The molecule has 0 aliphatic rings. The molecule has 0 bridgehead atoms. The quantitative estimate of drug-likeness (QED) is 0.425. The van der Waals surface area contributed by atoms with Gasteiger partial charge in [0, 0.05) is 6.54 Å². The molecule has 0 saturated carbocycles. The molecule has 0 rings (SSSR count). The number of unbranched alkanes of at least 4 members (excludes halogenated alkanes) is 5. The number of hydrogen-bond donors (Lipinski definition) is 2. The van der Waals surface area contributed by atoms with E-state index in [0.29, 0.717) is 6.61 Å². The minimum atomic E-state index is -1.37. The lowest BCUT2D eigenvalue weighted by atomic mass is 10.2. The number of hydrogen-bond acceptors (Lipinski definition) is 3. The molecule has 92 valence electrons. The lowest BCUT2D eigenvalue weighted by molar-refractivity contribution is 0.292. The molecule has 0 aromatic heterocycles. The zero-order valence-electron chi connectivity index (χ0n) is 10.2. The van der Waals surface area contributed by atoms with E-state index in [4.69, 9.17) is 4.52 Å². The van der Waals surface area contributed by atoms with Crippen molar-refractivity contribution in [2.75, 3.05) is 13.2 Å². The Hall–Kier alpha value is 0.310. The van der Waals surface area contributed by atoms with Crippen LogP contribution < -0.4 is 5.09 Å². The second kappa shape index (κ2) is 12.4. The summed E-state index contributed by atoms with van der Waals surface area (Å²) in [6.07, 6.45) is 8.32. The smallest absolute Gasteiger partial charge is 0.253 e. The van der Waals surface area contributed by atoms with Gasteiger partial charge in [-0.25, -0.2) is 0 Å². The lowest BCUT2D eigenvalue weighted by Gasteiger charge is -2.11. The molecule has 2 N–H and O–H groups in total. The summed E-state index contributed by atoms with van der Waals surface area (Å²) in [5.74, 6) is 0. The van der Waals surface area contributed by atoms with E-state index in [1.54, 1.807) is 0 Å². The summed E-state index contributed by atoms with van der Waals surface area (Å²) in [6, 6.07) is 0. The predicted molar refractivity (Wildman–Crippen MR) is 66.8 cm³/mol. The highest BCUT2D eigenvalue weighted by Crippen LogP contribution is 2.25. The molecule has 0 fully saturated rings. The SMILES string of the molecule is CCCCCCNP(O)OCCCCC. The summed E-state index contributed by atoms with van der Waals surface area (Å²) < 4.78 is 5.26. The monoisotopic (exact) mass is 235 g/mol. The highest BCUT2D eigenvalue weighted by molar-refractivity contribution is 7.43. The highest BCUT2D eigenvalue weighted by atomic mass is 31.2. The average Bonchev–Trinajstić information content (AvgIpc) is 2.24. The van der Waals surface area contributed by atoms with Crippen LogP contribution in [0.4, 0.5) is 0 Å².